The predicted octanol–water partition coefficient (Wildman–Crippen LogP) is 0.114. The summed E-state index contributed by atoms with van der Waals surface area (Å²) < 4.78 is 0. The average Bonchev–Trinajstić information content (AvgIpc) is 2.38. The minimum absolute atomic E-state index is 0.143. The molecule has 0 saturated carbocycles. The Kier molecular flexibility index (Phi) is 5.76. The zero-order valence-electron chi connectivity index (χ0n) is 10.4. The number of amidine groups is 1. The van der Waals surface area contributed by atoms with Crippen LogP contribution in [0.25, 0.3) is 0 Å². The van der Waals surface area contributed by atoms with Crippen LogP contribution in [0.3, 0.4) is 0 Å². The van der Waals surface area contributed by atoms with Gasteiger partial charge in [0.15, 0.2) is 0 Å². The molecule has 1 unspecified atom stereocenters. The molecule has 0 aliphatic carbocycles. The number of oxime groups is 1. The number of nitrogens with one attached hydrogen (secondary N) is 1. The van der Waals surface area contributed by atoms with Gasteiger partial charge in [-0.05, 0) is 26.2 Å². The second-order valence-corrected chi connectivity index (χ2v) is 4.40. The van der Waals surface area contributed by atoms with Crippen molar-refractivity contribution in [3.8, 4) is 0 Å². The molecular formula is C11H22N4O2. The molecule has 4 N–H and O–H groups in total. The van der Waals surface area contributed by atoms with Crippen molar-refractivity contribution < 1.29 is 10.0 Å². The molecular weight excluding hydrogens is 220 g/mol. The standard InChI is InChI=1S/C11H22N4O2/c1-9(13-6-5-10(12)14-17)11(16)15-7-3-2-4-8-15/h9,13,17H,2-8H2,1H3,(H2,12,14). The second-order valence-electron chi connectivity index (χ2n) is 4.40. The number of piperidine rings is 1. The van der Waals surface area contributed by atoms with Crippen LogP contribution in [-0.4, -0.2) is 47.5 Å². The van der Waals surface area contributed by atoms with Gasteiger partial charge < -0.3 is 21.2 Å². The maximum atomic E-state index is 12.0. The molecule has 0 spiro atoms. The lowest BCUT2D eigenvalue weighted by Gasteiger charge is -2.29. The van der Waals surface area contributed by atoms with E-state index in [2.05, 4.69) is 10.5 Å². The first-order chi connectivity index (χ1) is 8.15. The number of amides is 1. The Morgan fingerprint density at radius 2 is 2.12 bits per heavy atom. The highest BCUT2D eigenvalue weighted by Crippen LogP contribution is 2.09. The van der Waals surface area contributed by atoms with Gasteiger partial charge in [0.1, 0.15) is 5.84 Å². The van der Waals surface area contributed by atoms with E-state index < -0.39 is 0 Å². The molecule has 98 valence electrons. The summed E-state index contributed by atoms with van der Waals surface area (Å²) in [5.41, 5.74) is 5.34. The van der Waals surface area contributed by atoms with E-state index in [1.807, 2.05) is 11.8 Å². The van der Waals surface area contributed by atoms with Crippen molar-refractivity contribution >= 4 is 11.7 Å². The monoisotopic (exact) mass is 242 g/mol. The van der Waals surface area contributed by atoms with Gasteiger partial charge in [-0.15, -0.1) is 0 Å². The van der Waals surface area contributed by atoms with Gasteiger partial charge in [0.2, 0.25) is 5.91 Å². The van der Waals surface area contributed by atoms with Crippen molar-refractivity contribution in [2.24, 2.45) is 10.9 Å². The van der Waals surface area contributed by atoms with E-state index in [0.717, 1.165) is 25.9 Å². The number of nitrogens with two attached hydrogens (primary N) is 1. The molecule has 1 atom stereocenters. The van der Waals surface area contributed by atoms with Crippen LogP contribution in [0.15, 0.2) is 5.16 Å². The summed E-state index contributed by atoms with van der Waals surface area (Å²) in [7, 11) is 0. The molecule has 0 aromatic rings. The summed E-state index contributed by atoms with van der Waals surface area (Å²) in [6.07, 6.45) is 3.86. The molecule has 1 heterocycles. The number of nitrogens with zero attached hydrogens (tertiary/aromatic N) is 2. The number of likely N-dealkylation sites (tertiary alicyclic amines) is 1. The van der Waals surface area contributed by atoms with Gasteiger partial charge in [0.05, 0.1) is 6.04 Å². The first kappa shape index (κ1) is 13.8. The highest BCUT2D eigenvalue weighted by molar-refractivity contribution is 5.82. The summed E-state index contributed by atoms with van der Waals surface area (Å²) in [5, 5.41) is 14.3. The number of carbonyl (C=O) groups excluding carboxylic acids is 1. The fourth-order valence-corrected chi connectivity index (χ4v) is 1.94. The lowest BCUT2D eigenvalue weighted by molar-refractivity contribution is -0.133. The molecule has 1 amide bonds. The van der Waals surface area contributed by atoms with E-state index in [1.54, 1.807) is 0 Å². The molecule has 0 aromatic carbocycles. The number of carbonyl (C=O) groups is 1. The number of hydrogen-bond acceptors (Lipinski definition) is 4. The van der Waals surface area contributed by atoms with Crippen molar-refractivity contribution in [1.29, 1.82) is 0 Å². The number of rotatable bonds is 5. The summed E-state index contributed by atoms with van der Waals surface area (Å²) in [6, 6.07) is -0.209. The average molecular weight is 242 g/mol. The van der Waals surface area contributed by atoms with Crippen LogP contribution in [0.2, 0.25) is 0 Å². The predicted molar refractivity (Wildman–Crippen MR) is 65.9 cm³/mol. The lowest BCUT2D eigenvalue weighted by atomic mass is 10.1. The zero-order valence-corrected chi connectivity index (χ0v) is 10.4. The van der Waals surface area contributed by atoms with E-state index in [9.17, 15) is 4.79 Å². The quantitative estimate of drug-likeness (QED) is 0.276. The van der Waals surface area contributed by atoms with Gasteiger partial charge in [0.25, 0.3) is 0 Å². The minimum atomic E-state index is -0.209. The fourth-order valence-electron chi connectivity index (χ4n) is 1.94. The van der Waals surface area contributed by atoms with Crippen LogP contribution >= 0.6 is 0 Å². The summed E-state index contributed by atoms with van der Waals surface area (Å²) in [6.45, 7) is 4.12. The van der Waals surface area contributed by atoms with Gasteiger partial charge in [-0.2, -0.15) is 0 Å². The van der Waals surface area contributed by atoms with Gasteiger partial charge in [0, 0.05) is 26.1 Å². The van der Waals surface area contributed by atoms with Crippen molar-refractivity contribution in [1.82, 2.24) is 10.2 Å². The molecule has 0 aromatic heterocycles. The van der Waals surface area contributed by atoms with Crippen molar-refractivity contribution in [3.63, 3.8) is 0 Å². The Bertz CT molecular complexity index is 275. The number of hydrogen-bond donors (Lipinski definition) is 3. The van der Waals surface area contributed by atoms with Crippen LogP contribution in [0.4, 0.5) is 0 Å². The first-order valence-corrected chi connectivity index (χ1v) is 6.13. The first-order valence-electron chi connectivity index (χ1n) is 6.13. The molecule has 17 heavy (non-hydrogen) atoms. The third-order valence-corrected chi connectivity index (χ3v) is 3.00. The minimum Gasteiger partial charge on any atom is -0.409 e. The molecule has 6 heteroatoms. The van der Waals surface area contributed by atoms with Crippen LogP contribution in [0.1, 0.15) is 32.6 Å². The summed E-state index contributed by atoms with van der Waals surface area (Å²) in [5.74, 6) is 0.319. The highest BCUT2D eigenvalue weighted by Gasteiger charge is 2.21. The Morgan fingerprint density at radius 1 is 1.47 bits per heavy atom. The maximum absolute atomic E-state index is 12.0. The molecule has 6 nitrogen and oxygen atoms in total. The molecule has 0 bridgehead atoms. The summed E-state index contributed by atoms with van der Waals surface area (Å²) in [4.78, 5) is 13.9. The molecule has 1 aliphatic rings. The van der Waals surface area contributed by atoms with E-state index in [4.69, 9.17) is 10.9 Å². The van der Waals surface area contributed by atoms with Crippen LogP contribution in [0.5, 0.6) is 0 Å². The second kappa shape index (κ2) is 7.11. The van der Waals surface area contributed by atoms with E-state index >= 15 is 0 Å². The van der Waals surface area contributed by atoms with Gasteiger partial charge in [-0.3, -0.25) is 4.79 Å². The molecule has 1 rings (SSSR count). The normalized spacial score (nSPS) is 19.1. The molecule has 0 radical (unpaired) electrons. The van der Waals surface area contributed by atoms with Crippen molar-refractivity contribution in [2.75, 3.05) is 19.6 Å². The van der Waals surface area contributed by atoms with Gasteiger partial charge in [-0.1, -0.05) is 5.16 Å². The molecule has 1 fully saturated rings. The van der Waals surface area contributed by atoms with Gasteiger partial charge in [-0.25, -0.2) is 0 Å². The van der Waals surface area contributed by atoms with E-state index in [1.165, 1.54) is 6.42 Å². The smallest absolute Gasteiger partial charge is 0.239 e. The highest BCUT2D eigenvalue weighted by atomic mass is 16.4. The van der Waals surface area contributed by atoms with Crippen LogP contribution in [-0.2, 0) is 4.79 Å². The van der Waals surface area contributed by atoms with Crippen LogP contribution in [0, 0.1) is 0 Å². The summed E-state index contributed by atoms with van der Waals surface area (Å²) >= 11 is 0. The zero-order chi connectivity index (χ0) is 12.7. The van der Waals surface area contributed by atoms with E-state index in [0.29, 0.717) is 13.0 Å². The Labute approximate surface area is 102 Å². The largest absolute Gasteiger partial charge is 0.409 e. The van der Waals surface area contributed by atoms with E-state index in [-0.39, 0.29) is 17.8 Å². The Hall–Kier alpha value is -1.30. The molecule has 1 saturated heterocycles. The lowest BCUT2D eigenvalue weighted by Crippen LogP contribution is -2.47. The van der Waals surface area contributed by atoms with Gasteiger partial charge >= 0.3 is 0 Å². The maximum Gasteiger partial charge on any atom is 0.239 e. The SMILES string of the molecule is CC(NCCC(N)=NO)C(=O)N1CCCCC1. The third kappa shape index (κ3) is 4.60. The van der Waals surface area contributed by atoms with Crippen molar-refractivity contribution in [3.05, 3.63) is 0 Å². The third-order valence-electron chi connectivity index (χ3n) is 3.00. The Morgan fingerprint density at radius 3 is 2.71 bits per heavy atom. The Balaban J connectivity index is 2.26. The van der Waals surface area contributed by atoms with Crippen LogP contribution < -0.4 is 11.1 Å². The molecule has 1 aliphatic heterocycles. The topological polar surface area (TPSA) is 91.0 Å². The fraction of sp³-hybridized carbons (Fsp3) is 0.818. The van der Waals surface area contributed by atoms with Crippen molar-refractivity contribution in [2.45, 2.75) is 38.6 Å².